The van der Waals surface area contributed by atoms with Crippen LogP contribution in [0.1, 0.15) is 29.6 Å². The Labute approximate surface area is 117 Å². The minimum atomic E-state index is -0.707. The van der Waals surface area contributed by atoms with Gasteiger partial charge in [-0.05, 0) is 43.4 Å². The summed E-state index contributed by atoms with van der Waals surface area (Å²) in [7, 11) is 0. The van der Waals surface area contributed by atoms with Gasteiger partial charge in [-0.2, -0.15) is 0 Å². The van der Waals surface area contributed by atoms with Gasteiger partial charge >= 0.3 is 0 Å². The van der Waals surface area contributed by atoms with Gasteiger partial charge in [-0.25, -0.2) is 8.78 Å². The van der Waals surface area contributed by atoms with Gasteiger partial charge in [-0.3, -0.25) is 4.79 Å². The molecule has 1 aromatic carbocycles. The van der Waals surface area contributed by atoms with Gasteiger partial charge in [0.15, 0.2) is 0 Å². The van der Waals surface area contributed by atoms with E-state index in [2.05, 4.69) is 5.32 Å². The number of nitrogens with zero attached hydrogens (tertiary/aromatic N) is 1. The normalized spacial score (nSPS) is 21.4. The summed E-state index contributed by atoms with van der Waals surface area (Å²) in [6, 6.07) is 2.99. The number of benzene rings is 1. The second-order valence-electron chi connectivity index (χ2n) is 5.88. The Hall–Kier alpha value is -1.49. The maximum absolute atomic E-state index is 13.2. The van der Waals surface area contributed by atoms with Crippen LogP contribution in [-0.4, -0.2) is 37.0 Å². The molecule has 2 aliphatic heterocycles. The third-order valence-corrected chi connectivity index (χ3v) is 4.55. The number of rotatable bonds is 1. The highest BCUT2D eigenvalue weighted by Gasteiger charge is 2.38. The molecule has 1 spiro atoms. The number of amides is 1. The summed E-state index contributed by atoms with van der Waals surface area (Å²) in [4.78, 5) is 14.0. The number of hydrogen-bond donors (Lipinski definition) is 1. The lowest BCUT2D eigenvalue weighted by molar-refractivity contribution is 0.0606. The highest BCUT2D eigenvalue weighted by molar-refractivity contribution is 5.94. The second kappa shape index (κ2) is 5.13. The van der Waals surface area contributed by atoms with Crippen LogP contribution < -0.4 is 5.32 Å². The maximum atomic E-state index is 13.2. The van der Waals surface area contributed by atoms with Crippen LogP contribution in [0, 0.1) is 17.0 Å². The molecule has 0 aliphatic carbocycles. The summed E-state index contributed by atoms with van der Waals surface area (Å²) in [6.07, 6.45) is 3.08. The molecular formula is C15H18F2N2O. The molecule has 3 nitrogen and oxygen atoms in total. The number of hydrogen-bond acceptors (Lipinski definition) is 2. The lowest BCUT2D eigenvalue weighted by Crippen LogP contribution is -2.44. The van der Waals surface area contributed by atoms with Crippen molar-refractivity contribution in [3.8, 4) is 0 Å². The summed E-state index contributed by atoms with van der Waals surface area (Å²) < 4.78 is 26.4. The van der Waals surface area contributed by atoms with Gasteiger partial charge < -0.3 is 10.2 Å². The van der Waals surface area contributed by atoms with Crippen molar-refractivity contribution in [2.45, 2.75) is 19.3 Å². The van der Waals surface area contributed by atoms with Gasteiger partial charge in [-0.1, -0.05) is 0 Å². The standard InChI is InChI=1S/C15H18F2N2O/c16-12-7-11(8-13(17)9-12)14(20)19-5-2-15(3-6-19)1-4-18-10-15/h7-9,18H,1-6,10H2. The van der Waals surface area contributed by atoms with Crippen molar-refractivity contribution in [2.24, 2.45) is 5.41 Å². The van der Waals surface area contributed by atoms with Gasteiger partial charge in [0.05, 0.1) is 0 Å². The second-order valence-corrected chi connectivity index (χ2v) is 5.88. The van der Waals surface area contributed by atoms with Crippen molar-refractivity contribution in [1.82, 2.24) is 10.2 Å². The molecule has 1 N–H and O–H groups in total. The molecular weight excluding hydrogens is 262 g/mol. The lowest BCUT2D eigenvalue weighted by Gasteiger charge is -2.38. The van der Waals surface area contributed by atoms with Crippen molar-refractivity contribution in [3.05, 3.63) is 35.4 Å². The van der Waals surface area contributed by atoms with Crippen molar-refractivity contribution in [1.29, 1.82) is 0 Å². The topological polar surface area (TPSA) is 32.3 Å². The minimum absolute atomic E-state index is 0.1000. The van der Waals surface area contributed by atoms with Crippen LogP contribution in [0.3, 0.4) is 0 Å². The van der Waals surface area contributed by atoms with Crippen LogP contribution >= 0.6 is 0 Å². The molecule has 1 amide bonds. The molecule has 1 aromatic rings. The first-order valence-electron chi connectivity index (χ1n) is 7.04. The van der Waals surface area contributed by atoms with Crippen molar-refractivity contribution in [2.75, 3.05) is 26.2 Å². The van der Waals surface area contributed by atoms with Crippen molar-refractivity contribution in [3.63, 3.8) is 0 Å². The van der Waals surface area contributed by atoms with Gasteiger partial charge in [-0.15, -0.1) is 0 Å². The van der Waals surface area contributed by atoms with Crippen LogP contribution in [0.4, 0.5) is 8.78 Å². The molecule has 2 saturated heterocycles. The number of carbonyl (C=O) groups excluding carboxylic acids is 1. The zero-order valence-corrected chi connectivity index (χ0v) is 11.3. The maximum Gasteiger partial charge on any atom is 0.254 e. The quantitative estimate of drug-likeness (QED) is 0.855. The van der Waals surface area contributed by atoms with E-state index in [1.54, 1.807) is 4.90 Å². The molecule has 0 unspecified atom stereocenters. The Bertz CT molecular complexity index is 496. The number of likely N-dealkylation sites (tertiary alicyclic amines) is 1. The van der Waals surface area contributed by atoms with Gasteiger partial charge in [0, 0.05) is 31.3 Å². The van der Waals surface area contributed by atoms with Crippen LogP contribution in [0.5, 0.6) is 0 Å². The van der Waals surface area contributed by atoms with E-state index in [9.17, 15) is 13.6 Å². The molecule has 0 atom stereocenters. The zero-order chi connectivity index (χ0) is 14.2. The summed E-state index contributed by atoms with van der Waals surface area (Å²) in [6.45, 7) is 3.39. The van der Waals surface area contributed by atoms with E-state index in [1.807, 2.05) is 0 Å². The summed E-state index contributed by atoms with van der Waals surface area (Å²) in [5, 5.41) is 3.37. The molecule has 108 valence electrons. The molecule has 5 heteroatoms. The molecule has 2 heterocycles. The van der Waals surface area contributed by atoms with Crippen molar-refractivity contribution < 1.29 is 13.6 Å². The Balaban J connectivity index is 1.69. The van der Waals surface area contributed by atoms with Crippen LogP contribution in [0.2, 0.25) is 0 Å². The summed E-state index contributed by atoms with van der Waals surface area (Å²) in [5.41, 5.74) is 0.423. The van der Waals surface area contributed by atoms with E-state index in [0.717, 1.165) is 50.6 Å². The van der Waals surface area contributed by atoms with Crippen LogP contribution in [-0.2, 0) is 0 Å². The molecule has 0 saturated carbocycles. The smallest absolute Gasteiger partial charge is 0.254 e. The monoisotopic (exact) mass is 280 g/mol. The fourth-order valence-corrected chi connectivity index (χ4v) is 3.27. The summed E-state index contributed by atoms with van der Waals surface area (Å²) >= 11 is 0. The Morgan fingerprint density at radius 3 is 2.30 bits per heavy atom. The number of piperidine rings is 1. The molecule has 0 aromatic heterocycles. The third-order valence-electron chi connectivity index (χ3n) is 4.55. The first kappa shape index (κ1) is 13.5. The number of carbonyl (C=O) groups is 1. The van der Waals surface area contributed by atoms with E-state index in [1.165, 1.54) is 0 Å². The molecule has 20 heavy (non-hydrogen) atoms. The van der Waals surface area contributed by atoms with Crippen LogP contribution in [0.15, 0.2) is 18.2 Å². The Kier molecular flexibility index (Phi) is 3.46. The van der Waals surface area contributed by atoms with E-state index >= 15 is 0 Å². The van der Waals surface area contributed by atoms with E-state index < -0.39 is 11.6 Å². The number of nitrogens with one attached hydrogen (secondary N) is 1. The first-order chi connectivity index (χ1) is 9.58. The largest absolute Gasteiger partial charge is 0.339 e. The molecule has 2 fully saturated rings. The lowest BCUT2D eigenvalue weighted by atomic mass is 9.78. The van der Waals surface area contributed by atoms with E-state index in [0.29, 0.717) is 18.5 Å². The zero-order valence-electron chi connectivity index (χ0n) is 11.3. The first-order valence-corrected chi connectivity index (χ1v) is 7.04. The Morgan fingerprint density at radius 2 is 1.75 bits per heavy atom. The SMILES string of the molecule is O=C(c1cc(F)cc(F)c1)N1CCC2(CCNC2)CC1. The van der Waals surface area contributed by atoms with E-state index in [-0.39, 0.29) is 11.5 Å². The molecule has 2 aliphatic rings. The highest BCUT2D eigenvalue weighted by atomic mass is 19.1. The highest BCUT2D eigenvalue weighted by Crippen LogP contribution is 2.37. The molecule has 0 radical (unpaired) electrons. The van der Waals surface area contributed by atoms with Gasteiger partial charge in [0.2, 0.25) is 0 Å². The molecule has 0 bridgehead atoms. The predicted molar refractivity (Wildman–Crippen MR) is 71.4 cm³/mol. The van der Waals surface area contributed by atoms with Crippen LogP contribution in [0.25, 0.3) is 0 Å². The third kappa shape index (κ3) is 2.54. The average molecular weight is 280 g/mol. The van der Waals surface area contributed by atoms with E-state index in [4.69, 9.17) is 0 Å². The van der Waals surface area contributed by atoms with Gasteiger partial charge in [0.1, 0.15) is 11.6 Å². The summed E-state index contributed by atoms with van der Waals surface area (Å²) in [5.74, 6) is -1.69. The fraction of sp³-hybridized carbons (Fsp3) is 0.533. The average Bonchev–Trinajstić information content (AvgIpc) is 2.86. The molecule has 3 rings (SSSR count). The predicted octanol–water partition coefficient (Wildman–Crippen LogP) is 2.18. The number of halogens is 2. The Morgan fingerprint density at radius 1 is 1.10 bits per heavy atom. The van der Waals surface area contributed by atoms with Gasteiger partial charge in [0.25, 0.3) is 5.91 Å². The van der Waals surface area contributed by atoms with Crippen molar-refractivity contribution >= 4 is 5.91 Å². The minimum Gasteiger partial charge on any atom is -0.339 e. The fourth-order valence-electron chi connectivity index (χ4n) is 3.27.